The number of benzene rings is 2. The highest BCUT2D eigenvalue weighted by Gasteiger charge is 2.12. The second-order valence-electron chi connectivity index (χ2n) is 5.84. The van der Waals surface area contributed by atoms with Crippen molar-refractivity contribution >= 4 is 35.0 Å². The summed E-state index contributed by atoms with van der Waals surface area (Å²) in [5.41, 5.74) is 2.89. The monoisotopic (exact) mass is 397 g/mol. The average Bonchev–Trinajstić information content (AvgIpc) is 2.69. The molecular weight excluding hydrogens is 382 g/mol. The van der Waals surface area contributed by atoms with Gasteiger partial charge in [-0.1, -0.05) is 35.9 Å². The van der Waals surface area contributed by atoms with Gasteiger partial charge in [-0.15, -0.1) is 0 Å². The third kappa shape index (κ3) is 4.46. The second-order valence-corrected chi connectivity index (χ2v) is 6.25. The number of anilines is 2. The third-order valence-corrected chi connectivity index (χ3v) is 4.21. The molecule has 142 valence electrons. The third-order valence-electron chi connectivity index (χ3n) is 3.92. The molecular formula is C20H16ClN3O4. The van der Waals surface area contributed by atoms with Crippen molar-refractivity contribution in [2.45, 2.75) is 6.61 Å². The predicted molar refractivity (Wildman–Crippen MR) is 107 cm³/mol. The van der Waals surface area contributed by atoms with Gasteiger partial charge in [-0.05, 0) is 35.9 Å². The molecule has 0 aliphatic rings. The Labute approximate surface area is 165 Å². The number of aromatic nitrogens is 1. The summed E-state index contributed by atoms with van der Waals surface area (Å²) in [4.78, 5) is 27.6. The topological polar surface area (TPSA) is 112 Å². The van der Waals surface area contributed by atoms with Crippen molar-refractivity contribution in [2.75, 3.05) is 10.6 Å². The van der Waals surface area contributed by atoms with E-state index in [2.05, 4.69) is 15.6 Å². The largest absolute Gasteiger partial charge is 0.465 e. The number of carbonyl (C=O) groups is 2. The molecule has 4 N–H and O–H groups in total. The molecule has 0 spiro atoms. The summed E-state index contributed by atoms with van der Waals surface area (Å²) >= 11 is 6.20. The number of carboxylic acid groups (broad SMARTS) is 1. The minimum atomic E-state index is -1.22. The molecule has 0 saturated heterocycles. The zero-order valence-electron chi connectivity index (χ0n) is 14.5. The average molecular weight is 398 g/mol. The van der Waals surface area contributed by atoms with Gasteiger partial charge in [0.1, 0.15) is 0 Å². The molecule has 0 aliphatic heterocycles. The van der Waals surface area contributed by atoms with Crippen molar-refractivity contribution in [3.05, 3.63) is 76.9 Å². The molecule has 1 heterocycles. The minimum absolute atomic E-state index is 0.148. The van der Waals surface area contributed by atoms with E-state index < -0.39 is 6.09 Å². The van der Waals surface area contributed by atoms with Crippen LogP contribution >= 0.6 is 11.6 Å². The molecule has 3 aromatic rings. The van der Waals surface area contributed by atoms with Crippen LogP contribution in [-0.2, 0) is 6.61 Å². The molecule has 7 nitrogen and oxygen atoms in total. The van der Waals surface area contributed by atoms with Crippen molar-refractivity contribution in [1.29, 1.82) is 0 Å². The lowest BCUT2D eigenvalue weighted by Gasteiger charge is -2.11. The second kappa shape index (κ2) is 8.51. The molecule has 28 heavy (non-hydrogen) atoms. The normalized spacial score (nSPS) is 10.4. The van der Waals surface area contributed by atoms with E-state index in [0.29, 0.717) is 27.5 Å². The Balaban J connectivity index is 1.79. The first kappa shape index (κ1) is 19.3. The highest BCUT2D eigenvalue weighted by molar-refractivity contribution is 6.33. The number of hydrogen-bond donors (Lipinski definition) is 4. The summed E-state index contributed by atoms with van der Waals surface area (Å²) in [6, 6.07) is 14.8. The number of hydrogen-bond acceptors (Lipinski definition) is 4. The molecule has 0 saturated carbocycles. The van der Waals surface area contributed by atoms with Gasteiger partial charge in [0, 0.05) is 17.3 Å². The van der Waals surface area contributed by atoms with E-state index in [9.17, 15) is 9.59 Å². The van der Waals surface area contributed by atoms with Crippen LogP contribution in [0.5, 0.6) is 0 Å². The van der Waals surface area contributed by atoms with Gasteiger partial charge < -0.3 is 15.5 Å². The van der Waals surface area contributed by atoms with Crippen LogP contribution in [0.25, 0.3) is 11.3 Å². The lowest BCUT2D eigenvalue weighted by Crippen LogP contribution is -2.15. The lowest BCUT2D eigenvalue weighted by molar-refractivity contribution is 0.102. The van der Waals surface area contributed by atoms with Gasteiger partial charge in [0.25, 0.3) is 5.91 Å². The van der Waals surface area contributed by atoms with Crippen molar-refractivity contribution in [3.63, 3.8) is 0 Å². The van der Waals surface area contributed by atoms with Crippen LogP contribution in [0.15, 0.2) is 60.8 Å². The number of pyridine rings is 1. The maximum atomic E-state index is 12.5. The van der Waals surface area contributed by atoms with E-state index in [1.54, 1.807) is 54.6 Å². The van der Waals surface area contributed by atoms with E-state index in [1.165, 1.54) is 6.20 Å². The van der Waals surface area contributed by atoms with Crippen LogP contribution in [0.1, 0.15) is 15.9 Å². The fraction of sp³-hybridized carbons (Fsp3) is 0.0500. The van der Waals surface area contributed by atoms with Gasteiger partial charge in [-0.25, -0.2) is 4.79 Å². The van der Waals surface area contributed by atoms with E-state index in [0.717, 1.165) is 5.56 Å². The Bertz CT molecular complexity index is 1020. The van der Waals surface area contributed by atoms with Gasteiger partial charge in [-0.3, -0.25) is 15.1 Å². The van der Waals surface area contributed by atoms with E-state index >= 15 is 0 Å². The SMILES string of the molecule is O=C(O)Nc1ccccc1NC(=O)c1ccc(-c2ncc(CO)cc2Cl)cc1. The number of aliphatic hydroxyl groups is 1. The van der Waals surface area contributed by atoms with Crippen molar-refractivity contribution in [1.82, 2.24) is 4.98 Å². The summed E-state index contributed by atoms with van der Waals surface area (Å²) in [5, 5.41) is 23.3. The number of halogens is 1. The maximum absolute atomic E-state index is 12.5. The number of nitrogens with zero attached hydrogens (tertiary/aromatic N) is 1. The molecule has 0 radical (unpaired) electrons. The van der Waals surface area contributed by atoms with Crippen LogP contribution in [0.2, 0.25) is 5.02 Å². The number of para-hydroxylation sites is 2. The molecule has 2 amide bonds. The van der Waals surface area contributed by atoms with E-state index in [1.807, 2.05) is 0 Å². The fourth-order valence-corrected chi connectivity index (χ4v) is 2.86. The summed E-state index contributed by atoms with van der Waals surface area (Å²) in [5.74, 6) is -0.388. The summed E-state index contributed by atoms with van der Waals surface area (Å²) in [6.45, 7) is -0.148. The first-order valence-electron chi connectivity index (χ1n) is 8.24. The molecule has 0 aliphatic carbocycles. The van der Waals surface area contributed by atoms with E-state index in [4.69, 9.17) is 21.8 Å². The van der Waals surface area contributed by atoms with E-state index in [-0.39, 0.29) is 18.2 Å². The Kier molecular flexibility index (Phi) is 5.88. The van der Waals surface area contributed by atoms with Crippen LogP contribution in [0.3, 0.4) is 0 Å². The van der Waals surface area contributed by atoms with Gasteiger partial charge in [0.2, 0.25) is 0 Å². The van der Waals surface area contributed by atoms with Gasteiger partial charge >= 0.3 is 6.09 Å². The predicted octanol–water partition coefficient (Wildman–Crippen LogP) is 4.24. The first-order valence-corrected chi connectivity index (χ1v) is 8.62. The van der Waals surface area contributed by atoms with Crippen molar-refractivity contribution < 1.29 is 19.8 Å². The smallest absolute Gasteiger partial charge is 0.409 e. The molecule has 2 aromatic carbocycles. The van der Waals surface area contributed by atoms with Crippen LogP contribution in [0, 0.1) is 0 Å². The molecule has 3 rings (SSSR count). The maximum Gasteiger partial charge on any atom is 0.409 e. The molecule has 8 heteroatoms. The Hall–Kier alpha value is -3.42. The molecule has 0 bridgehead atoms. The Morgan fingerprint density at radius 2 is 1.64 bits per heavy atom. The van der Waals surface area contributed by atoms with Gasteiger partial charge in [-0.2, -0.15) is 0 Å². The zero-order valence-corrected chi connectivity index (χ0v) is 15.3. The number of nitrogens with one attached hydrogen (secondary N) is 2. The lowest BCUT2D eigenvalue weighted by atomic mass is 10.1. The van der Waals surface area contributed by atoms with Crippen molar-refractivity contribution in [2.24, 2.45) is 0 Å². The quantitative estimate of drug-likeness (QED) is 0.514. The Morgan fingerprint density at radius 1 is 1.00 bits per heavy atom. The summed E-state index contributed by atoms with van der Waals surface area (Å²) < 4.78 is 0. The highest BCUT2D eigenvalue weighted by atomic mass is 35.5. The summed E-state index contributed by atoms with van der Waals surface area (Å²) in [6.07, 6.45) is 0.316. The fourth-order valence-electron chi connectivity index (χ4n) is 2.57. The standard InChI is InChI=1S/C20H16ClN3O4/c21-15-9-12(11-25)10-22-18(15)13-5-7-14(8-6-13)19(26)23-16-3-1-2-4-17(16)24-20(27)28/h1-10,24-25H,11H2,(H,23,26)(H,27,28). The van der Waals surface area contributed by atoms with Crippen LogP contribution in [-0.4, -0.2) is 27.2 Å². The number of amides is 2. The summed E-state index contributed by atoms with van der Waals surface area (Å²) in [7, 11) is 0. The molecule has 0 atom stereocenters. The number of rotatable bonds is 5. The number of carbonyl (C=O) groups excluding carboxylic acids is 1. The molecule has 1 aromatic heterocycles. The Morgan fingerprint density at radius 3 is 2.21 bits per heavy atom. The molecule has 0 unspecified atom stereocenters. The van der Waals surface area contributed by atoms with Crippen molar-refractivity contribution in [3.8, 4) is 11.3 Å². The van der Waals surface area contributed by atoms with Crippen LogP contribution < -0.4 is 10.6 Å². The van der Waals surface area contributed by atoms with Gasteiger partial charge in [0.15, 0.2) is 0 Å². The van der Waals surface area contributed by atoms with Crippen LogP contribution in [0.4, 0.5) is 16.2 Å². The number of aliphatic hydroxyl groups excluding tert-OH is 1. The highest BCUT2D eigenvalue weighted by Crippen LogP contribution is 2.27. The molecule has 0 fully saturated rings. The van der Waals surface area contributed by atoms with Gasteiger partial charge in [0.05, 0.1) is 28.7 Å². The zero-order chi connectivity index (χ0) is 20.1. The first-order chi connectivity index (χ1) is 13.5. The minimum Gasteiger partial charge on any atom is -0.465 e.